The van der Waals surface area contributed by atoms with Crippen molar-refractivity contribution in [2.45, 2.75) is 71.0 Å². The summed E-state index contributed by atoms with van der Waals surface area (Å²) in [5.74, 6) is 0.781. The molecule has 1 nitrogen and oxygen atoms in total. The summed E-state index contributed by atoms with van der Waals surface area (Å²) >= 11 is 0. The first kappa shape index (κ1) is 14.6. The third-order valence-electron chi connectivity index (χ3n) is 6.74. The molecule has 0 N–H and O–H groups in total. The van der Waals surface area contributed by atoms with Crippen molar-refractivity contribution in [3.63, 3.8) is 0 Å². The SMILES string of the molecule is CC1(C)[C@H]2CC[C@]1(C)[C@@H](S(=O)/C=C/C1=CCCCC1)C2. The smallest absolute Gasteiger partial charge is 0.0493 e. The second-order valence-corrected chi connectivity index (χ2v) is 9.25. The number of fused-ring (bicyclic) bond motifs is 2. The van der Waals surface area contributed by atoms with Gasteiger partial charge in [0, 0.05) is 21.5 Å². The molecule has 0 aromatic rings. The fourth-order valence-corrected chi connectivity index (χ4v) is 6.60. The molecule has 0 spiro atoms. The third-order valence-corrected chi connectivity index (χ3v) is 8.41. The molecule has 2 fully saturated rings. The molecule has 3 rings (SSSR count). The van der Waals surface area contributed by atoms with Gasteiger partial charge in [-0.2, -0.15) is 0 Å². The van der Waals surface area contributed by atoms with Gasteiger partial charge in [0.2, 0.25) is 0 Å². The number of hydrogen-bond acceptors (Lipinski definition) is 1. The maximum absolute atomic E-state index is 12.8. The van der Waals surface area contributed by atoms with E-state index in [1.165, 1.54) is 50.5 Å². The molecule has 3 aliphatic carbocycles. The first-order valence-electron chi connectivity index (χ1n) is 8.22. The Hall–Kier alpha value is -0.370. The average molecular weight is 292 g/mol. The molecule has 1 unspecified atom stereocenters. The minimum Gasteiger partial charge on any atom is -0.255 e. The predicted octanol–water partition coefficient (Wildman–Crippen LogP) is 4.96. The topological polar surface area (TPSA) is 17.1 Å². The van der Waals surface area contributed by atoms with E-state index in [2.05, 4.69) is 32.9 Å². The number of allylic oxidation sites excluding steroid dienone is 3. The highest BCUT2D eigenvalue weighted by atomic mass is 32.2. The summed E-state index contributed by atoms with van der Waals surface area (Å²) in [6.45, 7) is 7.18. The summed E-state index contributed by atoms with van der Waals surface area (Å²) in [5, 5.41) is 2.38. The van der Waals surface area contributed by atoms with Crippen molar-refractivity contribution in [1.29, 1.82) is 0 Å². The Morgan fingerprint density at radius 3 is 2.65 bits per heavy atom. The van der Waals surface area contributed by atoms with Crippen LogP contribution in [0.25, 0.3) is 0 Å². The van der Waals surface area contributed by atoms with E-state index in [0.717, 1.165) is 5.92 Å². The molecule has 3 aliphatic rings. The van der Waals surface area contributed by atoms with Crippen molar-refractivity contribution in [2.75, 3.05) is 0 Å². The standard InChI is InChI=1S/C18H28OS/c1-17(2)15-9-11-18(17,3)16(13-15)20(19)12-10-14-7-5-4-6-8-14/h7,10,12,15-16H,4-6,8-9,11,13H2,1-3H3/b12-10+/t15-,16-,18+,20?/m0/s1. The number of rotatable bonds is 3. The van der Waals surface area contributed by atoms with Gasteiger partial charge >= 0.3 is 0 Å². The summed E-state index contributed by atoms with van der Waals surface area (Å²) < 4.78 is 12.8. The van der Waals surface area contributed by atoms with Crippen molar-refractivity contribution in [3.8, 4) is 0 Å². The molecule has 112 valence electrons. The van der Waals surface area contributed by atoms with E-state index in [-0.39, 0.29) is 5.41 Å². The second-order valence-electron chi connectivity index (χ2n) is 7.76. The summed E-state index contributed by atoms with van der Waals surface area (Å²) in [6, 6.07) is 0. The van der Waals surface area contributed by atoms with Gasteiger partial charge in [-0.1, -0.05) is 38.5 Å². The van der Waals surface area contributed by atoms with E-state index in [0.29, 0.717) is 10.7 Å². The van der Waals surface area contributed by atoms with E-state index in [1.807, 2.05) is 5.41 Å². The van der Waals surface area contributed by atoms with Crippen LogP contribution in [0.3, 0.4) is 0 Å². The fourth-order valence-electron chi connectivity index (χ4n) is 4.75. The van der Waals surface area contributed by atoms with Crippen LogP contribution in [0.1, 0.15) is 65.7 Å². The van der Waals surface area contributed by atoms with Gasteiger partial charge < -0.3 is 0 Å². The zero-order valence-electron chi connectivity index (χ0n) is 13.2. The van der Waals surface area contributed by atoms with Crippen LogP contribution in [0.5, 0.6) is 0 Å². The largest absolute Gasteiger partial charge is 0.255 e. The second kappa shape index (κ2) is 5.12. The Bertz CT molecular complexity index is 474. The van der Waals surface area contributed by atoms with Gasteiger partial charge in [-0.15, -0.1) is 0 Å². The molecule has 0 saturated heterocycles. The minimum atomic E-state index is -0.804. The van der Waals surface area contributed by atoms with Gasteiger partial charge in [-0.05, 0) is 61.7 Å². The molecular formula is C18H28OS. The Morgan fingerprint density at radius 1 is 1.30 bits per heavy atom. The summed E-state index contributed by atoms with van der Waals surface area (Å²) in [4.78, 5) is 0. The van der Waals surface area contributed by atoms with E-state index in [9.17, 15) is 4.21 Å². The van der Waals surface area contributed by atoms with Crippen LogP contribution in [0, 0.1) is 16.7 Å². The molecule has 0 heterocycles. The Morgan fingerprint density at radius 2 is 2.10 bits per heavy atom. The normalized spacial score (nSPS) is 41.0. The zero-order chi connectivity index (χ0) is 14.4. The lowest BCUT2D eigenvalue weighted by molar-refractivity contribution is 0.155. The lowest BCUT2D eigenvalue weighted by atomic mass is 9.71. The molecule has 2 heteroatoms. The predicted molar refractivity (Wildman–Crippen MR) is 86.9 cm³/mol. The van der Waals surface area contributed by atoms with Crippen LogP contribution in [0.15, 0.2) is 23.1 Å². The molecule has 2 saturated carbocycles. The van der Waals surface area contributed by atoms with E-state index in [4.69, 9.17) is 0 Å². The average Bonchev–Trinajstić information content (AvgIpc) is 2.78. The van der Waals surface area contributed by atoms with E-state index in [1.54, 1.807) is 0 Å². The summed E-state index contributed by atoms with van der Waals surface area (Å²) in [6.07, 6.45) is 13.2. The third kappa shape index (κ3) is 2.15. The lowest BCUT2D eigenvalue weighted by Gasteiger charge is -2.38. The van der Waals surface area contributed by atoms with Gasteiger partial charge in [0.25, 0.3) is 0 Å². The molecule has 0 aromatic heterocycles. The van der Waals surface area contributed by atoms with Crippen LogP contribution in [-0.2, 0) is 10.8 Å². The monoisotopic (exact) mass is 292 g/mol. The molecule has 0 aromatic carbocycles. The summed E-state index contributed by atoms with van der Waals surface area (Å²) in [5.41, 5.74) is 2.04. The van der Waals surface area contributed by atoms with Gasteiger partial charge in [0.15, 0.2) is 0 Å². The maximum atomic E-state index is 12.8. The van der Waals surface area contributed by atoms with Crippen LogP contribution in [0.4, 0.5) is 0 Å². The van der Waals surface area contributed by atoms with Gasteiger partial charge in [0.05, 0.1) is 0 Å². The molecular weight excluding hydrogens is 264 g/mol. The fraction of sp³-hybridized carbons (Fsp3) is 0.778. The van der Waals surface area contributed by atoms with Gasteiger partial charge in [-0.25, -0.2) is 0 Å². The maximum Gasteiger partial charge on any atom is 0.0493 e. The van der Waals surface area contributed by atoms with Crippen molar-refractivity contribution < 1.29 is 4.21 Å². The molecule has 0 radical (unpaired) electrons. The Balaban J connectivity index is 1.73. The van der Waals surface area contributed by atoms with Crippen molar-refractivity contribution in [3.05, 3.63) is 23.1 Å². The molecule has 2 bridgehead atoms. The van der Waals surface area contributed by atoms with Gasteiger partial charge in [0.1, 0.15) is 0 Å². The van der Waals surface area contributed by atoms with Crippen molar-refractivity contribution in [1.82, 2.24) is 0 Å². The van der Waals surface area contributed by atoms with Gasteiger partial charge in [-0.3, -0.25) is 4.21 Å². The van der Waals surface area contributed by atoms with Crippen LogP contribution in [0.2, 0.25) is 0 Å². The first-order chi connectivity index (χ1) is 9.45. The number of hydrogen-bond donors (Lipinski definition) is 0. The van der Waals surface area contributed by atoms with E-state index < -0.39 is 10.8 Å². The highest BCUT2D eigenvalue weighted by Gasteiger charge is 2.62. The van der Waals surface area contributed by atoms with Crippen LogP contribution < -0.4 is 0 Å². The van der Waals surface area contributed by atoms with Crippen LogP contribution in [-0.4, -0.2) is 9.46 Å². The Labute approximate surface area is 126 Å². The lowest BCUT2D eigenvalue weighted by Crippen LogP contribution is -2.37. The first-order valence-corrected chi connectivity index (χ1v) is 9.49. The molecule has 20 heavy (non-hydrogen) atoms. The summed E-state index contributed by atoms with van der Waals surface area (Å²) in [7, 11) is -0.804. The van der Waals surface area contributed by atoms with E-state index >= 15 is 0 Å². The highest BCUT2D eigenvalue weighted by Crippen LogP contribution is 2.66. The highest BCUT2D eigenvalue weighted by molar-refractivity contribution is 7.88. The minimum absolute atomic E-state index is 0.272. The zero-order valence-corrected chi connectivity index (χ0v) is 14.0. The van der Waals surface area contributed by atoms with Crippen molar-refractivity contribution in [2.24, 2.45) is 16.7 Å². The van der Waals surface area contributed by atoms with Crippen LogP contribution >= 0.6 is 0 Å². The quantitative estimate of drug-likeness (QED) is 0.718. The molecule has 0 aliphatic heterocycles. The van der Waals surface area contributed by atoms with Crippen molar-refractivity contribution >= 4 is 10.8 Å². The molecule has 4 atom stereocenters. The Kier molecular flexibility index (Phi) is 3.73. The molecule has 0 amide bonds.